The minimum absolute atomic E-state index is 0.0258. The number of anilines is 6. The van der Waals surface area contributed by atoms with Gasteiger partial charge in [0.05, 0.1) is 5.59 Å². The monoisotopic (exact) mass is 918 g/mol. The van der Waals surface area contributed by atoms with Gasteiger partial charge in [-0.25, -0.2) is 4.98 Å². The van der Waals surface area contributed by atoms with Crippen molar-refractivity contribution in [2.24, 2.45) is 17.8 Å². The predicted molar refractivity (Wildman–Crippen MR) is 295 cm³/mol. The van der Waals surface area contributed by atoms with Crippen LogP contribution >= 0.6 is 11.3 Å². The maximum Gasteiger partial charge on any atom is 0.276 e. The molecule has 4 fully saturated rings. The lowest BCUT2D eigenvalue weighted by molar-refractivity contribution is -0.00514. The molecule has 5 heteroatoms. The van der Waals surface area contributed by atoms with E-state index in [0.717, 1.165) is 22.8 Å². The molecule has 0 spiro atoms. The molecular formula is C63H76BN3S. The summed E-state index contributed by atoms with van der Waals surface area (Å²) in [5.41, 5.74) is 20.1. The Balaban J connectivity index is 1.25. The maximum atomic E-state index is 5.92. The second-order valence-electron chi connectivity index (χ2n) is 27.4. The highest BCUT2D eigenvalue weighted by atomic mass is 32.1. The first-order valence-corrected chi connectivity index (χ1v) is 26.9. The van der Waals surface area contributed by atoms with Crippen LogP contribution < -0.4 is 26.3 Å². The Morgan fingerprint density at radius 1 is 0.485 bits per heavy atom. The predicted octanol–water partition coefficient (Wildman–Crippen LogP) is 15.8. The molecule has 1 aromatic heterocycles. The molecule has 0 atom stereocenters. The van der Waals surface area contributed by atoms with Crippen LogP contribution in [-0.2, 0) is 32.5 Å². The van der Waals surface area contributed by atoms with Crippen molar-refractivity contribution in [2.75, 3.05) is 9.80 Å². The van der Waals surface area contributed by atoms with Crippen molar-refractivity contribution in [3.8, 4) is 10.6 Å². The fraction of sp³-hybridized carbons (Fsp3) is 0.476. The molecule has 0 saturated heterocycles. The SMILES string of the molecule is CC(C)(C)c1ccc(-c2nc3c(s2)N(c2cc(C(C)(C)C)cc(C(C)(C)C)c2)c2cc(C45CC6CC(CC(C6)C4)C5)cc4c2B3c2cc(C(C)(C)C)ccc2N4c2ccc(C(C)(C)C)cc2)cc1. The Bertz CT molecular complexity index is 2890. The molecule has 3 heterocycles. The molecule has 2 aliphatic heterocycles. The average molecular weight is 918 g/mol. The molecule has 3 nitrogen and oxygen atoms in total. The Morgan fingerprint density at radius 2 is 0.956 bits per heavy atom. The van der Waals surface area contributed by atoms with Crippen LogP contribution in [0.15, 0.2) is 97.1 Å². The normalized spacial score (nSPS) is 22.1. The summed E-state index contributed by atoms with van der Waals surface area (Å²) in [5, 5.41) is 2.35. The lowest BCUT2D eigenvalue weighted by atomic mass is 9.35. The molecule has 6 aromatic rings. The number of rotatable bonds is 4. The van der Waals surface area contributed by atoms with Crippen molar-refractivity contribution in [1.29, 1.82) is 0 Å². The van der Waals surface area contributed by atoms with Gasteiger partial charge in [-0.3, -0.25) is 0 Å². The van der Waals surface area contributed by atoms with Crippen molar-refractivity contribution >= 4 is 68.0 Å². The molecule has 4 saturated carbocycles. The Labute approximate surface area is 414 Å². The van der Waals surface area contributed by atoms with Crippen molar-refractivity contribution in [2.45, 2.75) is 175 Å². The van der Waals surface area contributed by atoms with Crippen LogP contribution in [0, 0.1) is 17.8 Å². The number of fused-ring (bicyclic) bond motifs is 4. The van der Waals surface area contributed by atoms with Crippen LogP contribution in [0.3, 0.4) is 0 Å². The third-order valence-electron chi connectivity index (χ3n) is 17.0. The first-order chi connectivity index (χ1) is 31.7. The van der Waals surface area contributed by atoms with Gasteiger partial charge in [0.25, 0.3) is 6.71 Å². The van der Waals surface area contributed by atoms with Crippen molar-refractivity contribution in [3.05, 3.63) is 130 Å². The molecule has 0 amide bonds. The smallest absolute Gasteiger partial charge is 0.276 e. The summed E-state index contributed by atoms with van der Waals surface area (Å²) in [5.74, 6) is 2.52. The topological polar surface area (TPSA) is 19.4 Å². The van der Waals surface area contributed by atoms with Crippen LogP contribution in [-0.4, -0.2) is 11.7 Å². The zero-order valence-electron chi connectivity index (χ0n) is 44.0. The van der Waals surface area contributed by atoms with E-state index in [-0.39, 0.29) is 39.2 Å². The lowest BCUT2D eigenvalue weighted by Crippen LogP contribution is -2.62. The third kappa shape index (κ3) is 7.62. The highest BCUT2D eigenvalue weighted by Crippen LogP contribution is 2.62. The zero-order valence-corrected chi connectivity index (χ0v) is 44.9. The average Bonchev–Trinajstić information content (AvgIpc) is 3.69. The molecule has 352 valence electrons. The highest BCUT2D eigenvalue weighted by Gasteiger charge is 2.54. The lowest BCUT2D eigenvalue weighted by Gasteiger charge is -2.57. The molecule has 6 aliphatic rings. The number of nitrogens with zero attached hydrogens (tertiary/aromatic N) is 3. The number of hydrogen-bond acceptors (Lipinski definition) is 4. The Kier molecular flexibility index (Phi) is 10.2. The minimum Gasteiger partial charge on any atom is -0.311 e. The van der Waals surface area contributed by atoms with Gasteiger partial charge in [-0.05, 0) is 176 Å². The second kappa shape index (κ2) is 15.2. The number of thiazole rings is 1. The number of hydrogen-bond donors (Lipinski definition) is 0. The third-order valence-corrected chi connectivity index (χ3v) is 18.1. The summed E-state index contributed by atoms with van der Waals surface area (Å²) >= 11 is 1.90. The van der Waals surface area contributed by atoms with Crippen LogP contribution in [0.1, 0.15) is 176 Å². The van der Waals surface area contributed by atoms with E-state index in [1.807, 2.05) is 11.3 Å². The number of benzene rings is 5. The van der Waals surface area contributed by atoms with Gasteiger partial charge in [0.2, 0.25) is 0 Å². The summed E-state index contributed by atoms with van der Waals surface area (Å²) in [4.78, 5) is 11.3. The summed E-state index contributed by atoms with van der Waals surface area (Å²) in [6.45, 7) is 35.2. The van der Waals surface area contributed by atoms with E-state index in [1.54, 1.807) is 5.56 Å². The van der Waals surface area contributed by atoms with E-state index in [9.17, 15) is 0 Å². The van der Waals surface area contributed by atoms with Gasteiger partial charge >= 0.3 is 0 Å². The van der Waals surface area contributed by atoms with Gasteiger partial charge in [0, 0.05) is 34.0 Å². The molecule has 0 unspecified atom stereocenters. The van der Waals surface area contributed by atoms with E-state index >= 15 is 0 Å². The zero-order chi connectivity index (χ0) is 48.2. The fourth-order valence-corrected chi connectivity index (χ4v) is 14.5. The van der Waals surface area contributed by atoms with E-state index in [0.29, 0.717) is 0 Å². The maximum absolute atomic E-state index is 5.92. The number of aromatic nitrogens is 1. The molecule has 68 heavy (non-hydrogen) atoms. The molecule has 12 rings (SSSR count). The van der Waals surface area contributed by atoms with Crippen molar-refractivity contribution in [1.82, 2.24) is 4.98 Å². The van der Waals surface area contributed by atoms with E-state index < -0.39 is 0 Å². The van der Waals surface area contributed by atoms with Gasteiger partial charge in [0.15, 0.2) is 0 Å². The largest absolute Gasteiger partial charge is 0.311 e. The minimum atomic E-state index is -0.0381. The van der Waals surface area contributed by atoms with Crippen molar-refractivity contribution < 1.29 is 0 Å². The van der Waals surface area contributed by atoms with Gasteiger partial charge in [-0.2, -0.15) is 0 Å². The first kappa shape index (κ1) is 45.8. The second-order valence-corrected chi connectivity index (χ2v) is 28.3. The van der Waals surface area contributed by atoms with E-state index in [2.05, 4.69) is 211 Å². The summed E-state index contributed by atoms with van der Waals surface area (Å²) in [7, 11) is 0. The highest BCUT2D eigenvalue weighted by molar-refractivity contribution is 7.22. The van der Waals surface area contributed by atoms with Crippen LogP contribution in [0.2, 0.25) is 0 Å². The molecule has 0 radical (unpaired) electrons. The van der Waals surface area contributed by atoms with Gasteiger partial charge in [-0.1, -0.05) is 170 Å². The van der Waals surface area contributed by atoms with Crippen molar-refractivity contribution in [3.63, 3.8) is 0 Å². The van der Waals surface area contributed by atoms with Gasteiger partial charge < -0.3 is 9.80 Å². The molecule has 4 aliphatic carbocycles. The van der Waals surface area contributed by atoms with Crippen LogP contribution in [0.4, 0.5) is 33.4 Å². The van der Waals surface area contributed by atoms with Crippen LogP contribution in [0.5, 0.6) is 0 Å². The quantitative estimate of drug-likeness (QED) is 0.164. The van der Waals surface area contributed by atoms with E-state index in [4.69, 9.17) is 4.98 Å². The molecule has 4 bridgehead atoms. The van der Waals surface area contributed by atoms with Gasteiger partial charge in [-0.15, -0.1) is 0 Å². The standard InChI is InChI=1S/C63H76BN3S/c1-58(2,3)42-18-16-41(17-19-42)56-65-55-57(68-56)67(49-30-45(61(10,11)12)29-46(31-49)62(13,14)15)53-34-47(63-35-38-26-39(36-63)28-40(27-38)37-63)33-52-54(53)64(55)50-32-44(60(7,8)9)22-25-51(50)66(52)48-23-20-43(21-24-48)59(4,5)6/h16-25,29-34,38-40H,26-28,35-37H2,1-15H3. The summed E-state index contributed by atoms with van der Waals surface area (Å²) in [6, 6.07) is 39.3. The first-order valence-electron chi connectivity index (χ1n) is 26.1. The van der Waals surface area contributed by atoms with Crippen LogP contribution in [0.25, 0.3) is 10.6 Å². The molecule has 5 aromatic carbocycles. The van der Waals surface area contributed by atoms with Gasteiger partial charge in [0.1, 0.15) is 10.0 Å². The molecular weight excluding hydrogens is 842 g/mol. The van der Waals surface area contributed by atoms with E-state index in [1.165, 1.54) is 122 Å². The Morgan fingerprint density at radius 3 is 1.46 bits per heavy atom. The Hall–Kier alpha value is -4.61. The summed E-state index contributed by atoms with van der Waals surface area (Å²) < 4.78 is 0. The fourth-order valence-electron chi connectivity index (χ4n) is 13.4. The summed E-state index contributed by atoms with van der Waals surface area (Å²) in [6.07, 6.45) is 8.25. The molecule has 0 N–H and O–H groups in total.